The van der Waals surface area contributed by atoms with Gasteiger partial charge in [-0.25, -0.2) is 0 Å². The summed E-state index contributed by atoms with van der Waals surface area (Å²) in [6, 6.07) is 9.65. The third kappa shape index (κ3) is 3.15. The van der Waals surface area contributed by atoms with E-state index in [1.165, 1.54) is 0 Å². The molecule has 2 nitrogen and oxygen atoms in total. The molecule has 0 bridgehead atoms. The first kappa shape index (κ1) is 12.9. The van der Waals surface area contributed by atoms with E-state index in [2.05, 4.69) is 25.2 Å². The van der Waals surface area contributed by atoms with E-state index in [0.717, 1.165) is 18.5 Å². The molecule has 1 unspecified atom stereocenters. The second-order valence-electron chi connectivity index (χ2n) is 3.81. The molecule has 0 spiro atoms. The Morgan fingerprint density at radius 1 is 1.31 bits per heavy atom. The highest BCUT2D eigenvalue weighted by molar-refractivity contribution is 6.33. The maximum absolute atomic E-state index is 9.16. The van der Waals surface area contributed by atoms with Crippen molar-refractivity contribution in [2.24, 2.45) is 5.92 Å². The topological polar surface area (TPSA) is 35.8 Å². The van der Waals surface area contributed by atoms with Gasteiger partial charge in [0.05, 0.1) is 16.8 Å². The molecule has 0 radical (unpaired) electrons. The molecule has 0 fully saturated rings. The number of nitrogens with one attached hydrogen (secondary N) is 1. The Balaban J connectivity index is 2.79. The molecule has 0 heterocycles. The third-order valence-electron chi connectivity index (χ3n) is 2.84. The lowest BCUT2D eigenvalue weighted by Crippen LogP contribution is -2.26. The molecule has 0 saturated heterocycles. The van der Waals surface area contributed by atoms with Crippen molar-refractivity contribution < 1.29 is 0 Å². The van der Waals surface area contributed by atoms with Crippen molar-refractivity contribution >= 4 is 17.3 Å². The predicted octanol–water partition coefficient (Wildman–Crippen LogP) is 4.08. The average molecular weight is 237 g/mol. The van der Waals surface area contributed by atoms with Crippen LogP contribution in [-0.2, 0) is 0 Å². The average Bonchev–Trinajstić information content (AvgIpc) is 2.31. The van der Waals surface area contributed by atoms with E-state index in [1.807, 2.05) is 24.3 Å². The van der Waals surface area contributed by atoms with Crippen LogP contribution in [0.25, 0.3) is 0 Å². The standard InChI is InChI=1S/C13H17ClN2/c1-3-10(4-2)13(9-15)16-12-8-6-5-7-11(12)14/h5-8,10,13,16H,3-4H2,1-2H3. The SMILES string of the molecule is CCC(CC)C(C#N)Nc1ccccc1Cl. The van der Waals surface area contributed by atoms with E-state index in [9.17, 15) is 0 Å². The van der Waals surface area contributed by atoms with Crippen molar-refractivity contribution in [1.82, 2.24) is 0 Å². The van der Waals surface area contributed by atoms with Crippen LogP contribution in [0.1, 0.15) is 26.7 Å². The normalized spacial score (nSPS) is 12.2. The Hall–Kier alpha value is -1.20. The number of hydrogen-bond donors (Lipinski definition) is 1. The van der Waals surface area contributed by atoms with E-state index < -0.39 is 0 Å². The molecular formula is C13H17ClN2. The summed E-state index contributed by atoms with van der Waals surface area (Å²) in [4.78, 5) is 0. The van der Waals surface area contributed by atoms with Gasteiger partial charge in [0.25, 0.3) is 0 Å². The summed E-state index contributed by atoms with van der Waals surface area (Å²) < 4.78 is 0. The van der Waals surface area contributed by atoms with Crippen molar-refractivity contribution in [2.45, 2.75) is 32.7 Å². The minimum atomic E-state index is -0.171. The Morgan fingerprint density at radius 3 is 2.44 bits per heavy atom. The van der Waals surface area contributed by atoms with Crippen molar-refractivity contribution in [3.05, 3.63) is 29.3 Å². The largest absolute Gasteiger partial charge is 0.368 e. The Bertz CT molecular complexity index is 366. The molecule has 1 atom stereocenters. The molecule has 1 aromatic rings. The van der Waals surface area contributed by atoms with Crippen LogP contribution in [0, 0.1) is 17.2 Å². The summed E-state index contributed by atoms with van der Waals surface area (Å²) in [6.45, 7) is 4.21. The molecule has 86 valence electrons. The number of hydrogen-bond acceptors (Lipinski definition) is 2. The highest BCUT2D eigenvalue weighted by Crippen LogP contribution is 2.24. The van der Waals surface area contributed by atoms with Crippen molar-refractivity contribution in [3.8, 4) is 6.07 Å². The van der Waals surface area contributed by atoms with Gasteiger partial charge in [-0.05, 0) is 18.1 Å². The van der Waals surface area contributed by atoms with Crippen LogP contribution in [-0.4, -0.2) is 6.04 Å². The fourth-order valence-corrected chi connectivity index (χ4v) is 1.95. The Morgan fingerprint density at radius 2 is 1.94 bits per heavy atom. The number of anilines is 1. The van der Waals surface area contributed by atoms with E-state index in [0.29, 0.717) is 10.9 Å². The number of nitriles is 1. The monoisotopic (exact) mass is 236 g/mol. The van der Waals surface area contributed by atoms with Gasteiger partial charge in [-0.3, -0.25) is 0 Å². The highest BCUT2D eigenvalue weighted by Gasteiger charge is 2.18. The maximum atomic E-state index is 9.16. The molecular weight excluding hydrogens is 220 g/mol. The smallest absolute Gasteiger partial charge is 0.117 e. The minimum Gasteiger partial charge on any atom is -0.368 e. The molecule has 1 N–H and O–H groups in total. The number of benzene rings is 1. The zero-order valence-corrected chi connectivity index (χ0v) is 10.5. The number of nitrogens with zero attached hydrogens (tertiary/aromatic N) is 1. The van der Waals surface area contributed by atoms with Crippen LogP contribution in [0.3, 0.4) is 0 Å². The van der Waals surface area contributed by atoms with Gasteiger partial charge in [0.1, 0.15) is 6.04 Å². The summed E-state index contributed by atoms with van der Waals surface area (Å²) in [5, 5.41) is 13.0. The van der Waals surface area contributed by atoms with E-state index in [-0.39, 0.29) is 6.04 Å². The van der Waals surface area contributed by atoms with Gasteiger partial charge in [0, 0.05) is 0 Å². The molecule has 1 aromatic carbocycles. The van der Waals surface area contributed by atoms with Crippen LogP contribution in [0.15, 0.2) is 24.3 Å². The molecule has 0 aliphatic rings. The van der Waals surface area contributed by atoms with Gasteiger partial charge in [0.15, 0.2) is 0 Å². The second kappa shape index (κ2) is 6.40. The van der Waals surface area contributed by atoms with Crippen LogP contribution < -0.4 is 5.32 Å². The molecule has 1 rings (SSSR count). The molecule has 16 heavy (non-hydrogen) atoms. The fraction of sp³-hybridized carbons (Fsp3) is 0.462. The van der Waals surface area contributed by atoms with Crippen molar-refractivity contribution in [2.75, 3.05) is 5.32 Å². The number of halogens is 1. The number of rotatable bonds is 5. The van der Waals surface area contributed by atoms with Crippen molar-refractivity contribution in [3.63, 3.8) is 0 Å². The molecule has 0 saturated carbocycles. The lowest BCUT2D eigenvalue weighted by molar-refractivity contribution is 0.469. The third-order valence-corrected chi connectivity index (χ3v) is 3.17. The molecule has 0 aliphatic carbocycles. The zero-order valence-electron chi connectivity index (χ0n) is 9.70. The van der Waals surface area contributed by atoms with Crippen LogP contribution in [0.2, 0.25) is 5.02 Å². The van der Waals surface area contributed by atoms with Gasteiger partial charge < -0.3 is 5.32 Å². The lowest BCUT2D eigenvalue weighted by atomic mass is 9.95. The molecule has 0 amide bonds. The zero-order chi connectivity index (χ0) is 12.0. The summed E-state index contributed by atoms with van der Waals surface area (Å²) in [5.74, 6) is 0.362. The predicted molar refractivity (Wildman–Crippen MR) is 68.5 cm³/mol. The quantitative estimate of drug-likeness (QED) is 0.836. The van der Waals surface area contributed by atoms with Crippen LogP contribution in [0.5, 0.6) is 0 Å². The summed E-state index contributed by atoms with van der Waals surface area (Å²) in [7, 11) is 0. The summed E-state index contributed by atoms with van der Waals surface area (Å²) >= 11 is 6.04. The second-order valence-corrected chi connectivity index (χ2v) is 4.21. The first-order chi connectivity index (χ1) is 7.72. The molecule has 0 aliphatic heterocycles. The Labute approximate surface area is 102 Å². The van der Waals surface area contributed by atoms with Gasteiger partial charge >= 0.3 is 0 Å². The van der Waals surface area contributed by atoms with Gasteiger partial charge in [0.2, 0.25) is 0 Å². The van der Waals surface area contributed by atoms with Crippen LogP contribution >= 0.6 is 11.6 Å². The maximum Gasteiger partial charge on any atom is 0.117 e. The van der Waals surface area contributed by atoms with Gasteiger partial charge in [-0.1, -0.05) is 50.4 Å². The van der Waals surface area contributed by atoms with Crippen LogP contribution in [0.4, 0.5) is 5.69 Å². The van der Waals surface area contributed by atoms with E-state index >= 15 is 0 Å². The molecule has 0 aromatic heterocycles. The van der Waals surface area contributed by atoms with E-state index in [1.54, 1.807) is 0 Å². The lowest BCUT2D eigenvalue weighted by Gasteiger charge is -2.21. The minimum absolute atomic E-state index is 0.171. The van der Waals surface area contributed by atoms with E-state index in [4.69, 9.17) is 16.9 Å². The highest BCUT2D eigenvalue weighted by atomic mass is 35.5. The fourth-order valence-electron chi connectivity index (χ4n) is 1.76. The Kier molecular flexibility index (Phi) is 5.14. The van der Waals surface area contributed by atoms with Crippen molar-refractivity contribution in [1.29, 1.82) is 5.26 Å². The first-order valence-electron chi connectivity index (χ1n) is 5.63. The summed E-state index contributed by atoms with van der Waals surface area (Å²) in [5.41, 5.74) is 0.836. The van der Waals surface area contributed by atoms with Gasteiger partial charge in [-0.15, -0.1) is 0 Å². The molecule has 3 heteroatoms. The summed E-state index contributed by atoms with van der Waals surface area (Å²) in [6.07, 6.45) is 1.98. The number of para-hydroxylation sites is 1. The van der Waals surface area contributed by atoms with Gasteiger partial charge in [-0.2, -0.15) is 5.26 Å². The first-order valence-corrected chi connectivity index (χ1v) is 6.01.